The monoisotopic (exact) mass is 215 g/mol. The first-order valence-corrected chi connectivity index (χ1v) is 6.47. The summed E-state index contributed by atoms with van der Waals surface area (Å²) in [6, 6.07) is -0.194. The van der Waals surface area contributed by atoms with Crippen LogP contribution in [-0.2, 0) is 4.79 Å². The van der Waals surface area contributed by atoms with Crippen LogP contribution in [0, 0.1) is 5.92 Å². The maximum atomic E-state index is 10.9. The summed E-state index contributed by atoms with van der Waals surface area (Å²) in [4.78, 5) is 13.1. The van der Waals surface area contributed by atoms with Crippen molar-refractivity contribution in [2.24, 2.45) is 5.92 Å². The summed E-state index contributed by atoms with van der Waals surface area (Å²) in [5, 5.41) is 9.01. The van der Waals surface area contributed by atoms with Gasteiger partial charge >= 0.3 is 5.97 Å². The van der Waals surface area contributed by atoms with E-state index in [2.05, 4.69) is 4.90 Å². The lowest BCUT2D eigenvalue weighted by molar-refractivity contribution is -0.142. The zero-order valence-corrected chi connectivity index (χ0v) is 9.13. The maximum Gasteiger partial charge on any atom is 0.320 e. The second-order valence-electron chi connectivity index (χ2n) is 4.22. The molecule has 2 fully saturated rings. The molecule has 0 saturated carbocycles. The van der Waals surface area contributed by atoms with E-state index in [0.29, 0.717) is 0 Å². The minimum atomic E-state index is -0.631. The van der Waals surface area contributed by atoms with Crippen LogP contribution in [0.25, 0.3) is 0 Å². The van der Waals surface area contributed by atoms with E-state index in [9.17, 15) is 4.79 Å². The van der Waals surface area contributed by atoms with Gasteiger partial charge in [0.15, 0.2) is 0 Å². The first-order chi connectivity index (χ1) is 6.77. The summed E-state index contributed by atoms with van der Waals surface area (Å²) in [5.41, 5.74) is 0. The topological polar surface area (TPSA) is 40.5 Å². The van der Waals surface area contributed by atoms with Crippen molar-refractivity contribution in [1.82, 2.24) is 4.90 Å². The Hall–Kier alpha value is -0.220. The van der Waals surface area contributed by atoms with Crippen LogP contribution < -0.4 is 0 Å². The third-order valence-electron chi connectivity index (χ3n) is 3.17. The Labute approximate surface area is 88.9 Å². The van der Waals surface area contributed by atoms with Gasteiger partial charge in [0.05, 0.1) is 0 Å². The van der Waals surface area contributed by atoms with Crippen molar-refractivity contribution in [2.75, 3.05) is 24.6 Å². The van der Waals surface area contributed by atoms with Gasteiger partial charge in [0, 0.05) is 6.54 Å². The molecule has 2 unspecified atom stereocenters. The molecule has 4 heteroatoms. The summed E-state index contributed by atoms with van der Waals surface area (Å²) in [6.45, 7) is 1.99. The number of thioether (sulfide) groups is 1. The van der Waals surface area contributed by atoms with Crippen molar-refractivity contribution in [2.45, 2.75) is 25.3 Å². The molecule has 0 aromatic carbocycles. The molecule has 2 aliphatic rings. The molecule has 0 radical (unpaired) electrons. The zero-order chi connectivity index (χ0) is 9.97. The SMILES string of the molecule is O=C(O)C1CCCN1CC1CCSC1. The van der Waals surface area contributed by atoms with Crippen LogP contribution in [-0.4, -0.2) is 46.6 Å². The number of carbonyl (C=O) groups is 1. The molecule has 3 nitrogen and oxygen atoms in total. The number of carboxylic acids is 1. The molecule has 2 rings (SSSR count). The Balaban J connectivity index is 1.86. The Morgan fingerprint density at radius 2 is 2.36 bits per heavy atom. The Bertz CT molecular complexity index is 216. The van der Waals surface area contributed by atoms with Gasteiger partial charge in [0.2, 0.25) is 0 Å². The van der Waals surface area contributed by atoms with Gasteiger partial charge in [-0.3, -0.25) is 9.69 Å². The molecule has 0 aromatic rings. The van der Waals surface area contributed by atoms with Gasteiger partial charge < -0.3 is 5.11 Å². The highest BCUT2D eigenvalue weighted by Gasteiger charge is 2.32. The van der Waals surface area contributed by atoms with E-state index < -0.39 is 5.97 Å². The van der Waals surface area contributed by atoms with Crippen LogP contribution in [0.5, 0.6) is 0 Å². The van der Waals surface area contributed by atoms with Gasteiger partial charge in [-0.15, -0.1) is 0 Å². The summed E-state index contributed by atoms with van der Waals surface area (Å²) in [6.07, 6.45) is 3.17. The minimum Gasteiger partial charge on any atom is -0.480 e. The first kappa shape index (κ1) is 10.3. The summed E-state index contributed by atoms with van der Waals surface area (Å²) < 4.78 is 0. The van der Waals surface area contributed by atoms with Crippen molar-refractivity contribution < 1.29 is 9.90 Å². The second-order valence-corrected chi connectivity index (χ2v) is 5.37. The summed E-state index contributed by atoms with van der Waals surface area (Å²) >= 11 is 2.00. The predicted molar refractivity (Wildman–Crippen MR) is 57.7 cm³/mol. The van der Waals surface area contributed by atoms with Crippen molar-refractivity contribution >= 4 is 17.7 Å². The van der Waals surface area contributed by atoms with Gasteiger partial charge in [-0.2, -0.15) is 11.8 Å². The van der Waals surface area contributed by atoms with Crippen LogP contribution >= 0.6 is 11.8 Å². The van der Waals surface area contributed by atoms with Gasteiger partial charge in [-0.1, -0.05) is 0 Å². The number of hydrogen-bond acceptors (Lipinski definition) is 3. The van der Waals surface area contributed by atoms with Crippen molar-refractivity contribution in [3.8, 4) is 0 Å². The Kier molecular flexibility index (Phi) is 3.34. The zero-order valence-electron chi connectivity index (χ0n) is 8.32. The molecule has 2 atom stereocenters. The van der Waals surface area contributed by atoms with Gasteiger partial charge in [-0.05, 0) is 43.2 Å². The highest BCUT2D eigenvalue weighted by atomic mass is 32.2. The highest BCUT2D eigenvalue weighted by molar-refractivity contribution is 7.99. The van der Waals surface area contributed by atoms with Gasteiger partial charge in [-0.25, -0.2) is 0 Å². The summed E-state index contributed by atoms with van der Waals surface area (Å²) in [7, 11) is 0. The lowest BCUT2D eigenvalue weighted by Crippen LogP contribution is -2.39. The van der Waals surface area contributed by atoms with Crippen LogP contribution in [0.4, 0.5) is 0 Å². The van der Waals surface area contributed by atoms with E-state index in [4.69, 9.17) is 5.11 Å². The highest BCUT2D eigenvalue weighted by Crippen LogP contribution is 2.27. The fourth-order valence-electron chi connectivity index (χ4n) is 2.38. The molecule has 0 amide bonds. The van der Waals surface area contributed by atoms with E-state index in [1.165, 1.54) is 17.9 Å². The second kappa shape index (κ2) is 4.53. The van der Waals surface area contributed by atoms with Crippen LogP contribution in [0.1, 0.15) is 19.3 Å². The first-order valence-electron chi connectivity index (χ1n) is 5.32. The molecule has 80 valence electrons. The van der Waals surface area contributed by atoms with E-state index in [1.54, 1.807) is 0 Å². The minimum absolute atomic E-state index is 0.194. The fourth-order valence-corrected chi connectivity index (χ4v) is 3.66. The Morgan fingerprint density at radius 1 is 1.50 bits per heavy atom. The number of aliphatic carboxylic acids is 1. The molecule has 2 aliphatic heterocycles. The smallest absolute Gasteiger partial charge is 0.320 e. The van der Waals surface area contributed by atoms with Crippen molar-refractivity contribution in [3.05, 3.63) is 0 Å². The van der Waals surface area contributed by atoms with Crippen LogP contribution in [0.2, 0.25) is 0 Å². The molecule has 0 aliphatic carbocycles. The maximum absolute atomic E-state index is 10.9. The normalized spacial score (nSPS) is 33.7. The van der Waals surface area contributed by atoms with E-state index >= 15 is 0 Å². The van der Waals surface area contributed by atoms with Crippen LogP contribution in [0.3, 0.4) is 0 Å². The number of likely N-dealkylation sites (tertiary alicyclic amines) is 1. The molecule has 14 heavy (non-hydrogen) atoms. The van der Waals surface area contributed by atoms with Crippen LogP contribution in [0.15, 0.2) is 0 Å². The lowest BCUT2D eigenvalue weighted by Gasteiger charge is -2.23. The van der Waals surface area contributed by atoms with Gasteiger partial charge in [0.25, 0.3) is 0 Å². The molecular weight excluding hydrogens is 198 g/mol. The average Bonchev–Trinajstić information content (AvgIpc) is 2.75. The van der Waals surface area contributed by atoms with Crippen molar-refractivity contribution in [3.63, 3.8) is 0 Å². The largest absolute Gasteiger partial charge is 0.480 e. The quantitative estimate of drug-likeness (QED) is 0.770. The number of carboxylic acid groups (broad SMARTS) is 1. The Morgan fingerprint density at radius 3 is 3.00 bits per heavy atom. The molecule has 2 saturated heterocycles. The molecule has 0 aromatic heterocycles. The molecule has 0 bridgehead atoms. The number of rotatable bonds is 3. The lowest BCUT2D eigenvalue weighted by atomic mass is 10.1. The van der Waals surface area contributed by atoms with E-state index in [-0.39, 0.29) is 6.04 Å². The molecule has 2 heterocycles. The average molecular weight is 215 g/mol. The molecule has 0 spiro atoms. The predicted octanol–water partition coefficient (Wildman–Crippen LogP) is 1.29. The third kappa shape index (κ3) is 2.23. The third-order valence-corrected chi connectivity index (χ3v) is 4.40. The number of nitrogens with zero attached hydrogens (tertiary/aromatic N) is 1. The molecular formula is C10H17NO2S. The van der Waals surface area contributed by atoms with Crippen molar-refractivity contribution in [1.29, 1.82) is 0 Å². The number of hydrogen-bond donors (Lipinski definition) is 1. The standard InChI is InChI=1S/C10H17NO2S/c12-10(13)9-2-1-4-11(9)6-8-3-5-14-7-8/h8-9H,1-7H2,(H,12,13). The molecule has 1 N–H and O–H groups in total. The summed E-state index contributed by atoms with van der Waals surface area (Å²) in [5.74, 6) is 2.59. The fraction of sp³-hybridized carbons (Fsp3) is 0.900. The van der Waals surface area contributed by atoms with E-state index in [0.717, 1.165) is 31.8 Å². The van der Waals surface area contributed by atoms with E-state index in [1.807, 2.05) is 11.8 Å². The van der Waals surface area contributed by atoms with Gasteiger partial charge in [0.1, 0.15) is 6.04 Å².